The van der Waals surface area contributed by atoms with Crippen molar-refractivity contribution in [3.8, 4) is 0 Å². The van der Waals surface area contributed by atoms with Gasteiger partial charge in [0.1, 0.15) is 0 Å². The maximum Gasteiger partial charge on any atom is 0.269 e. The van der Waals surface area contributed by atoms with Gasteiger partial charge in [-0.15, -0.1) is 0 Å². The van der Waals surface area contributed by atoms with E-state index < -0.39 is 11.8 Å². The van der Waals surface area contributed by atoms with Gasteiger partial charge >= 0.3 is 0 Å². The molecular formula is C16H12Cl2N2O2. The minimum atomic E-state index is -0.477. The Morgan fingerprint density at radius 2 is 1.73 bits per heavy atom. The van der Waals surface area contributed by atoms with Crippen molar-refractivity contribution in [2.45, 2.75) is 0 Å². The van der Waals surface area contributed by atoms with E-state index in [4.69, 9.17) is 23.2 Å². The Labute approximate surface area is 137 Å². The van der Waals surface area contributed by atoms with E-state index in [-0.39, 0.29) is 0 Å². The smallest absolute Gasteiger partial charge is 0.268 e. The molecule has 2 aromatic carbocycles. The van der Waals surface area contributed by atoms with Gasteiger partial charge in [-0.2, -0.15) is 0 Å². The fourth-order valence-electron chi connectivity index (χ4n) is 1.64. The van der Waals surface area contributed by atoms with Crippen molar-refractivity contribution < 1.29 is 9.59 Å². The second kappa shape index (κ2) is 7.64. The van der Waals surface area contributed by atoms with Crippen molar-refractivity contribution >= 4 is 41.1 Å². The summed E-state index contributed by atoms with van der Waals surface area (Å²) in [5, 5.41) is 0.979. The Morgan fingerprint density at radius 1 is 0.955 bits per heavy atom. The zero-order valence-corrected chi connectivity index (χ0v) is 12.9. The van der Waals surface area contributed by atoms with Crippen LogP contribution >= 0.6 is 23.2 Å². The first kappa shape index (κ1) is 16.1. The van der Waals surface area contributed by atoms with Crippen LogP contribution in [0, 0.1) is 0 Å². The van der Waals surface area contributed by atoms with Crippen LogP contribution in [0.1, 0.15) is 15.9 Å². The van der Waals surface area contributed by atoms with Gasteiger partial charge in [0.2, 0.25) is 0 Å². The highest BCUT2D eigenvalue weighted by Gasteiger charge is 2.06. The van der Waals surface area contributed by atoms with Crippen molar-refractivity contribution in [1.29, 1.82) is 0 Å². The number of hydrogen-bond donors (Lipinski definition) is 2. The van der Waals surface area contributed by atoms with Gasteiger partial charge in [-0.05, 0) is 35.9 Å². The standard InChI is InChI=1S/C16H12Cl2N2O2/c17-13-6-3-5-12(10-13)16(22)20-19-15(21)9-8-11-4-1-2-7-14(11)18/h1-10H,(H,19,21)(H,20,22). The molecule has 0 aromatic heterocycles. The summed E-state index contributed by atoms with van der Waals surface area (Å²) in [6.45, 7) is 0. The zero-order chi connectivity index (χ0) is 15.9. The highest BCUT2D eigenvalue weighted by atomic mass is 35.5. The number of rotatable bonds is 3. The van der Waals surface area contributed by atoms with Crippen LogP contribution in [0.25, 0.3) is 6.08 Å². The van der Waals surface area contributed by atoms with Crippen LogP contribution in [0.2, 0.25) is 10.0 Å². The van der Waals surface area contributed by atoms with Crippen molar-refractivity contribution in [2.75, 3.05) is 0 Å². The van der Waals surface area contributed by atoms with Gasteiger partial charge in [0.15, 0.2) is 0 Å². The number of hydrazine groups is 1. The van der Waals surface area contributed by atoms with Gasteiger partial charge in [0.25, 0.3) is 11.8 Å². The second-order valence-corrected chi connectivity index (χ2v) is 5.15. The summed E-state index contributed by atoms with van der Waals surface area (Å²) in [5.41, 5.74) is 5.63. The molecular weight excluding hydrogens is 323 g/mol. The Kier molecular flexibility index (Phi) is 5.58. The molecule has 0 spiro atoms. The third-order valence-corrected chi connectivity index (χ3v) is 3.28. The lowest BCUT2D eigenvalue weighted by Crippen LogP contribution is -2.40. The molecule has 112 valence electrons. The third-order valence-electron chi connectivity index (χ3n) is 2.71. The lowest BCUT2D eigenvalue weighted by atomic mass is 10.2. The average Bonchev–Trinajstić information content (AvgIpc) is 2.52. The molecule has 0 atom stereocenters. The van der Waals surface area contributed by atoms with Gasteiger partial charge in [-0.1, -0.05) is 47.5 Å². The molecule has 0 saturated heterocycles. The molecule has 0 radical (unpaired) electrons. The maximum absolute atomic E-state index is 11.8. The van der Waals surface area contributed by atoms with Crippen LogP contribution in [-0.2, 0) is 4.79 Å². The molecule has 2 rings (SSSR count). The molecule has 0 unspecified atom stereocenters. The van der Waals surface area contributed by atoms with Gasteiger partial charge in [0.05, 0.1) is 0 Å². The molecule has 4 nitrogen and oxygen atoms in total. The normalized spacial score (nSPS) is 10.5. The van der Waals surface area contributed by atoms with Crippen LogP contribution in [-0.4, -0.2) is 11.8 Å². The molecule has 0 aliphatic heterocycles. The first-order valence-corrected chi connectivity index (χ1v) is 7.10. The molecule has 0 saturated carbocycles. The number of carbonyl (C=O) groups is 2. The number of amides is 2. The van der Waals surface area contributed by atoms with Crippen molar-refractivity contribution in [3.05, 3.63) is 75.8 Å². The van der Waals surface area contributed by atoms with E-state index in [2.05, 4.69) is 10.9 Å². The topological polar surface area (TPSA) is 58.2 Å². The summed E-state index contributed by atoms with van der Waals surface area (Å²) in [5.74, 6) is -0.933. The zero-order valence-electron chi connectivity index (χ0n) is 11.3. The highest BCUT2D eigenvalue weighted by Crippen LogP contribution is 2.16. The molecule has 0 heterocycles. The highest BCUT2D eigenvalue weighted by molar-refractivity contribution is 6.32. The molecule has 22 heavy (non-hydrogen) atoms. The minimum absolute atomic E-state index is 0.350. The summed E-state index contributed by atoms with van der Waals surface area (Å²) < 4.78 is 0. The average molecular weight is 335 g/mol. The number of halogens is 2. The Hall–Kier alpha value is -2.30. The van der Waals surface area contributed by atoms with Crippen LogP contribution in [0.15, 0.2) is 54.6 Å². The SMILES string of the molecule is O=C(C=Cc1ccccc1Cl)NNC(=O)c1cccc(Cl)c1. The molecule has 6 heteroatoms. The Balaban J connectivity index is 1.90. The number of nitrogens with one attached hydrogen (secondary N) is 2. The number of benzene rings is 2. The molecule has 0 fully saturated rings. The molecule has 0 aliphatic rings. The molecule has 2 amide bonds. The lowest BCUT2D eigenvalue weighted by molar-refractivity contribution is -0.117. The van der Waals surface area contributed by atoms with Gasteiger partial charge < -0.3 is 0 Å². The van der Waals surface area contributed by atoms with Crippen LogP contribution in [0.5, 0.6) is 0 Å². The number of carbonyl (C=O) groups excluding carboxylic acids is 2. The third kappa shape index (κ3) is 4.62. The second-order valence-electron chi connectivity index (χ2n) is 4.31. The summed E-state index contributed by atoms with van der Waals surface area (Å²) in [6.07, 6.45) is 2.84. The van der Waals surface area contributed by atoms with E-state index in [1.807, 2.05) is 6.07 Å². The molecule has 2 aromatic rings. The molecule has 0 bridgehead atoms. The van der Waals surface area contributed by atoms with E-state index in [0.717, 1.165) is 0 Å². The van der Waals surface area contributed by atoms with Gasteiger partial charge in [-0.25, -0.2) is 0 Å². The molecule has 0 aliphatic carbocycles. The summed E-state index contributed by atoms with van der Waals surface area (Å²) in [6, 6.07) is 13.5. The van der Waals surface area contributed by atoms with E-state index in [1.165, 1.54) is 12.1 Å². The summed E-state index contributed by atoms with van der Waals surface area (Å²) >= 11 is 11.8. The Morgan fingerprint density at radius 3 is 2.45 bits per heavy atom. The van der Waals surface area contributed by atoms with Gasteiger partial charge in [0, 0.05) is 21.7 Å². The molecule has 2 N–H and O–H groups in total. The predicted molar refractivity (Wildman–Crippen MR) is 87.5 cm³/mol. The van der Waals surface area contributed by atoms with Crippen LogP contribution < -0.4 is 10.9 Å². The predicted octanol–water partition coefficient (Wildman–Crippen LogP) is 3.47. The van der Waals surface area contributed by atoms with Crippen LogP contribution in [0.3, 0.4) is 0 Å². The minimum Gasteiger partial charge on any atom is -0.268 e. The maximum atomic E-state index is 11.8. The number of hydrogen-bond acceptors (Lipinski definition) is 2. The quantitative estimate of drug-likeness (QED) is 0.667. The summed E-state index contributed by atoms with van der Waals surface area (Å²) in [4.78, 5) is 23.4. The van der Waals surface area contributed by atoms with E-state index in [1.54, 1.807) is 42.5 Å². The van der Waals surface area contributed by atoms with Crippen molar-refractivity contribution in [1.82, 2.24) is 10.9 Å². The largest absolute Gasteiger partial charge is 0.269 e. The van der Waals surface area contributed by atoms with Crippen LogP contribution in [0.4, 0.5) is 0 Å². The fourth-order valence-corrected chi connectivity index (χ4v) is 2.03. The van der Waals surface area contributed by atoms with E-state index in [9.17, 15) is 9.59 Å². The Bertz CT molecular complexity index is 730. The lowest BCUT2D eigenvalue weighted by Gasteiger charge is -2.05. The first-order chi connectivity index (χ1) is 10.6. The van der Waals surface area contributed by atoms with Crippen molar-refractivity contribution in [3.63, 3.8) is 0 Å². The fraction of sp³-hybridized carbons (Fsp3) is 0. The monoisotopic (exact) mass is 334 g/mol. The summed E-state index contributed by atoms with van der Waals surface area (Å²) in [7, 11) is 0. The first-order valence-electron chi connectivity index (χ1n) is 6.35. The van der Waals surface area contributed by atoms with E-state index >= 15 is 0 Å². The van der Waals surface area contributed by atoms with Gasteiger partial charge in [-0.3, -0.25) is 20.4 Å². The van der Waals surface area contributed by atoms with Crippen molar-refractivity contribution in [2.24, 2.45) is 0 Å². The van der Waals surface area contributed by atoms with E-state index in [0.29, 0.717) is 21.2 Å².